The third-order valence-corrected chi connectivity index (χ3v) is 4.76. The molecule has 0 spiro atoms. The van der Waals surface area contributed by atoms with Gasteiger partial charge in [-0.1, -0.05) is 23.1 Å². The Balaban J connectivity index is 2.17. The predicted molar refractivity (Wildman–Crippen MR) is 69.2 cm³/mol. The van der Waals surface area contributed by atoms with Crippen LogP contribution in [0.5, 0.6) is 0 Å². The molecule has 2 aromatic heterocycles. The molecule has 84 valence electrons. The number of nitrogens with zero attached hydrogens (tertiary/aromatic N) is 3. The van der Waals surface area contributed by atoms with Crippen molar-refractivity contribution in [3.05, 3.63) is 17.8 Å². The Morgan fingerprint density at radius 1 is 1.31 bits per heavy atom. The summed E-state index contributed by atoms with van der Waals surface area (Å²) >= 11 is 4.64. The summed E-state index contributed by atoms with van der Waals surface area (Å²) in [6, 6.07) is 1.86. The van der Waals surface area contributed by atoms with E-state index in [1.165, 1.54) is 11.8 Å². The smallest absolute Gasteiger partial charge is 0.181 e. The molecule has 0 aliphatic heterocycles. The fraction of sp³-hybridized carbons (Fsp3) is 0.222. The minimum absolute atomic E-state index is 0.757. The fourth-order valence-electron chi connectivity index (χ4n) is 0.985. The van der Waals surface area contributed by atoms with E-state index in [1.807, 2.05) is 19.2 Å². The first-order chi connectivity index (χ1) is 7.69. The second-order valence-corrected chi connectivity index (χ2v) is 6.32. The molecule has 0 aromatic carbocycles. The number of anilines is 1. The Morgan fingerprint density at radius 3 is 2.69 bits per heavy atom. The highest BCUT2D eigenvalue weighted by molar-refractivity contribution is 8.02. The summed E-state index contributed by atoms with van der Waals surface area (Å²) in [6.45, 7) is 1.94. The average molecular weight is 270 g/mol. The SMILES string of the molecule is CSc1nnc(Sc2cc(N)c(C)cn2)s1. The van der Waals surface area contributed by atoms with Crippen molar-refractivity contribution in [2.45, 2.75) is 20.6 Å². The van der Waals surface area contributed by atoms with Gasteiger partial charge >= 0.3 is 0 Å². The van der Waals surface area contributed by atoms with Gasteiger partial charge in [0.1, 0.15) is 5.03 Å². The van der Waals surface area contributed by atoms with E-state index in [1.54, 1.807) is 29.3 Å². The molecule has 0 aliphatic carbocycles. The van der Waals surface area contributed by atoms with Crippen molar-refractivity contribution in [1.29, 1.82) is 0 Å². The summed E-state index contributed by atoms with van der Waals surface area (Å²) in [7, 11) is 0. The second-order valence-electron chi connectivity index (χ2n) is 3.02. The highest BCUT2D eigenvalue weighted by Crippen LogP contribution is 2.32. The van der Waals surface area contributed by atoms with Crippen LogP contribution < -0.4 is 5.73 Å². The van der Waals surface area contributed by atoms with Gasteiger partial charge in [-0.25, -0.2) is 4.98 Å². The first-order valence-electron chi connectivity index (χ1n) is 4.46. The number of aryl methyl sites for hydroxylation is 1. The Labute approximate surface area is 106 Å². The third kappa shape index (κ3) is 2.66. The Kier molecular flexibility index (Phi) is 3.67. The van der Waals surface area contributed by atoms with Crippen LogP contribution in [-0.4, -0.2) is 21.4 Å². The van der Waals surface area contributed by atoms with Crippen LogP contribution in [0.4, 0.5) is 5.69 Å². The topological polar surface area (TPSA) is 64.7 Å². The summed E-state index contributed by atoms with van der Waals surface area (Å²) in [5.41, 5.74) is 7.56. The lowest BCUT2D eigenvalue weighted by molar-refractivity contribution is 0.953. The summed E-state index contributed by atoms with van der Waals surface area (Å²) in [5.74, 6) is 0. The number of aromatic nitrogens is 3. The average Bonchev–Trinajstić information content (AvgIpc) is 2.71. The van der Waals surface area contributed by atoms with Crippen LogP contribution in [0.2, 0.25) is 0 Å². The van der Waals surface area contributed by atoms with E-state index in [2.05, 4.69) is 15.2 Å². The van der Waals surface area contributed by atoms with Gasteiger partial charge in [-0.15, -0.1) is 10.2 Å². The van der Waals surface area contributed by atoms with Gasteiger partial charge in [0.25, 0.3) is 0 Å². The Hall–Kier alpha value is -0.790. The standard InChI is InChI=1S/C9H10N4S3/c1-5-4-11-7(3-6(5)10)15-9-13-12-8(14-2)16-9/h3-4H,1-2H3,(H2,10,11). The number of nitrogens with two attached hydrogens (primary N) is 1. The largest absolute Gasteiger partial charge is 0.398 e. The molecule has 0 radical (unpaired) electrons. The lowest BCUT2D eigenvalue weighted by Gasteiger charge is -2.00. The molecule has 16 heavy (non-hydrogen) atoms. The van der Waals surface area contributed by atoms with Gasteiger partial charge in [0.15, 0.2) is 8.68 Å². The molecule has 2 heterocycles. The van der Waals surface area contributed by atoms with Crippen LogP contribution in [0.25, 0.3) is 0 Å². The summed E-state index contributed by atoms with van der Waals surface area (Å²) in [5, 5.41) is 8.94. The number of rotatable bonds is 3. The van der Waals surface area contributed by atoms with E-state index < -0.39 is 0 Å². The maximum absolute atomic E-state index is 5.82. The quantitative estimate of drug-likeness (QED) is 0.865. The zero-order valence-electron chi connectivity index (χ0n) is 8.80. The Bertz CT molecular complexity index is 497. The minimum Gasteiger partial charge on any atom is -0.398 e. The first kappa shape index (κ1) is 11.7. The van der Waals surface area contributed by atoms with E-state index in [9.17, 15) is 0 Å². The van der Waals surface area contributed by atoms with Crippen molar-refractivity contribution in [3.63, 3.8) is 0 Å². The van der Waals surface area contributed by atoms with Gasteiger partial charge in [-0.3, -0.25) is 0 Å². The van der Waals surface area contributed by atoms with E-state index in [0.717, 1.165) is 25.0 Å². The highest BCUT2D eigenvalue weighted by Gasteiger charge is 2.07. The number of hydrogen-bond donors (Lipinski definition) is 1. The molecular weight excluding hydrogens is 260 g/mol. The lowest BCUT2D eigenvalue weighted by atomic mass is 10.3. The monoisotopic (exact) mass is 270 g/mol. The lowest BCUT2D eigenvalue weighted by Crippen LogP contribution is -1.91. The van der Waals surface area contributed by atoms with Gasteiger partial charge < -0.3 is 5.73 Å². The van der Waals surface area contributed by atoms with Crippen molar-refractivity contribution in [2.24, 2.45) is 0 Å². The molecule has 0 unspecified atom stereocenters. The molecule has 7 heteroatoms. The molecule has 0 saturated heterocycles. The molecule has 2 rings (SSSR count). The van der Waals surface area contributed by atoms with Crippen molar-refractivity contribution in [2.75, 3.05) is 12.0 Å². The van der Waals surface area contributed by atoms with E-state index >= 15 is 0 Å². The zero-order chi connectivity index (χ0) is 11.5. The number of hydrogen-bond acceptors (Lipinski definition) is 7. The molecule has 0 fully saturated rings. The maximum atomic E-state index is 5.82. The molecule has 0 amide bonds. The van der Waals surface area contributed by atoms with Crippen LogP contribution in [0, 0.1) is 6.92 Å². The molecule has 0 bridgehead atoms. The zero-order valence-corrected chi connectivity index (χ0v) is 11.2. The van der Waals surface area contributed by atoms with E-state index in [-0.39, 0.29) is 0 Å². The molecule has 0 saturated carbocycles. The van der Waals surface area contributed by atoms with Gasteiger partial charge in [-0.2, -0.15) is 0 Å². The van der Waals surface area contributed by atoms with Crippen molar-refractivity contribution < 1.29 is 0 Å². The predicted octanol–water partition coefficient (Wildman–Crippen LogP) is 2.70. The van der Waals surface area contributed by atoms with Gasteiger partial charge in [0, 0.05) is 11.9 Å². The maximum Gasteiger partial charge on any atom is 0.181 e. The highest BCUT2D eigenvalue weighted by atomic mass is 32.2. The van der Waals surface area contributed by atoms with Crippen LogP contribution in [0.15, 0.2) is 26.0 Å². The number of pyridine rings is 1. The summed E-state index contributed by atoms with van der Waals surface area (Å²) in [4.78, 5) is 4.28. The van der Waals surface area contributed by atoms with Gasteiger partial charge in [0.2, 0.25) is 0 Å². The van der Waals surface area contributed by atoms with Crippen molar-refractivity contribution in [3.8, 4) is 0 Å². The van der Waals surface area contributed by atoms with Crippen molar-refractivity contribution >= 4 is 40.5 Å². The van der Waals surface area contributed by atoms with Crippen LogP contribution in [-0.2, 0) is 0 Å². The molecule has 4 nitrogen and oxygen atoms in total. The minimum atomic E-state index is 0.757. The first-order valence-corrected chi connectivity index (χ1v) is 7.32. The molecular formula is C9H10N4S3. The number of thioether (sulfide) groups is 1. The second kappa shape index (κ2) is 5.03. The van der Waals surface area contributed by atoms with Crippen LogP contribution >= 0.6 is 34.9 Å². The molecule has 2 aromatic rings. The fourth-order valence-corrected chi connectivity index (χ4v) is 3.36. The van der Waals surface area contributed by atoms with Crippen LogP contribution in [0.3, 0.4) is 0 Å². The molecule has 2 N–H and O–H groups in total. The third-order valence-electron chi connectivity index (χ3n) is 1.87. The van der Waals surface area contributed by atoms with Crippen molar-refractivity contribution in [1.82, 2.24) is 15.2 Å². The Morgan fingerprint density at radius 2 is 2.06 bits per heavy atom. The van der Waals surface area contributed by atoms with Crippen LogP contribution in [0.1, 0.15) is 5.56 Å². The summed E-state index contributed by atoms with van der Waals surface area (Å²) in [6.07, 6.45) is 3.76. The van der Waals surface area contributed by atoms with E-state index in [4.69, 9.17) is 5.73 Å². The molecule has 0 atom stereocenters. The molecule has 0 aliphatic rings. The van der Waals surface area contributed by atoms with Gasteiger partial charge in [-0.05, 0) is 36.6 Å². The van der Waals surface area contributed by atoms with Gasteiger partial charge in [0.05, 0.1) is 0 Å². The number of nitrogen functional groups attached to an aromatic ring is 1. The summed E-state index contributed by atoms with van der Waals surface area (Å²) < 4.78 is 1.85. The normalized spacial score (nSPS) is 10.6. The van der Waals surface area contributed by atoms with E-state index in [0.29, 0.717) is 0 Å².